The van der Waals surface area contributed by atoms with Crippen molar-refractivity contribution in [2.24, 2.45) is 5.10 Å². The van der Waals surface area contributed by atoms with Gasteiger partial charge in [0.05, 0.1) is 17.7 Å². The standard InChI is InChI=1S/C18H15F4N3O4/c19-17(20)18(21,22)11-29-10-13-1-5-14(6-2-13)16(26)24-23-9-12-3-7-15(8-4-12)25(27)28/h1-9,17H,10-11H2,(H,24,26)/b23-9+. The van der Waals surface area contributed by atoms with Crippen LogP contribution < -0.4 is 5.43 Å². The number of hydrogen-bond acceptors (Lipinski definition) is 5. The van der Waals surface area contributed by atoms with Crippen molar-refractivity contribution in [3.05, 3.63) is 75.3 Å². The van der Waals surface area contributed by atoms with Gasteiger partial charge in [-0.15, -0.1) is 0 Å². The molecular formula is C18H15F4N3O4. The van der Waals surface area contributed by atoms with E-state index in [-0.39, 0.29) is 17.9 Å². The van der Waals surface area contributed by atoms with E-state index in [9.17, 15) is 32.5 Å². The second-order valence-electron chi connectivity index (χ2n) is 5.80. The molecule has 1 amide bonds. The third kappa shape index (κ3) is 6.64. The molecule has 154 valence electrons. The maximum atomic E-state index is 12.7. The Morgan fingerprint density at radius 2 is 1.79 bits per heavy atom. The molecule has 0 bridgehead atoms. The Balaban J connectivity index is 1.84. The Morgan fingerprint density at radius 3 is 2.34 bits per heavy atom. The first-order chi connectivity index (χ1) is 13.7. The normalized spacial score (nSPS) is 11.8. The minimum Gasteiger partial charge on any atom is -0.370 e. The van der Waals surface area contributed by atoms with Crippen molar-refractivity contribution in [3.63, 3.8) is 0 Å². The molecule has 2 aromatic rings. The lowest BCUT2D eigenvalue weighted by molar-refractivity contribution is -0.384. The van der Waals surface area contributed by atoms with Crippen LogP contribution in [0.2, 0.25) is 0 Å². The molecule has 0 saturated carbocycles. The number of non-ortho nitro benzene ring substituents is 1. The summed E-state index contributed by atoms with van der Waals surface area (Å²) in [4.78, 5) is 22.0. The van der Waals surface area contributed by atoms with Gasteiger partial charge < -0.3 is 4.74 Å². The summed E-state index contributed by atoms with van der Waals surface area (Å²) in [5.74, 6) is -4.78. The Kier molecular flexibility index (Phi) is 7.37. The third-order valence-electron chi connectivity index (χ3n) is 3.58. The number of nitrogens with zero attached hydrogens (tertiary/aromatic N) is 2. The summed E-state index contributed by atoms with van der Waals surface area (Å²) < 4.78 is 54.1. The zero-order valence-corrected chi connectivity index (χ0v) is 14.7. The molecular weight excluding hydrogens is 398 g/mol. The Bertz CT molecular complexity index is 872. The van der Waals surface area contributed by atoms with Crippen molar-refractivity contribution in [2.45, 2.75) is 19.0 Å². The summed E-state index contributed by atoms with van der Waals surface area (Å²) in [6.45, 7) is -1.73. The van der Waals surface area contributed by atoms with E-state index in [1.54, 1.807) is 0 Å². The second-order valence-corrected chi connectivity index (χ2v) is 5.80. The highest BCUT2D eigenvalue weighted by molar-refractivity contribution is 5.94. The molecule has 0 aliphatic carbocycles. The van der Waals surface area contributed by atoms with Gasteiger partial charge in [-0.25, -0.2) is 14.2 Å². The zero-order valence-electron chi connectivity index (χ0n) is 14.7. The minimum atomic E-state index is -4.22. The van der Waals surface area contributed by atoms with Crippen LogP contribution in [0.4, 0.5) is 23.2 Å². The first kappa shape index (κ1) is 22.0. The van der Waals surface area contributed by atoms with Crippen molar-refractivity contribution < 1.29 is 32.0 Å². The van der Waals surface area contributed by atoms with E-state index in [1.807, 2.05) is 0 Å². The molecule has 0 aliphatic rings. The number of amides is 1. The van der Waals surface area contributed by atoms with E-state index in [1.165, 1.54) is 54.7 Å². The second kappa shape index (κ2) is 9.73. The molecule has 0 saturated heterocycles. The highest BCUT2D eigenvalue weighted by Crippen LogP contribution is 2.23. The lowest BCUT2D eigenvalue weighted by Crippen LogP contribution is -2.32. The predicted octanol–water partition coefficient (Wildman–Crippen LogP) is 3.78. The highest BCUT2D eigenvalue weighted by atomic mass is 19.3. The van der Waals surface area contributed by atoms with E-state index in [2.05, 4.69) is 15.3 Å². The molecule has 1 N–H and O–H groups in total. The van der Waals surface area contributed by atoms with Gasteiger partial charge >= 0.3 is 12.3 Å². The fourth-order valence-corrected chi connectivity index (χ4v) is 2.03. The molecule has 0 heterocycles. The van der Waals surface area contributed by atoms with Gasteiger partial charge in [-0.1, -0.05) is 12.1 Å². The number of halogens is 4. The maximum absolute atomic E-state index is 12.7. The van der Waals surface area contributed by atoms with Crippen LogP contribution in [-0.4, -0.2) is 36.0 Å². The van der Waals surface area contributed by atoms with Crippen LogP contribution in [0.3, 0.4) is 0 Å². The number of hydrazone groups is 1. The summed E-state index contributed by atoms with van der Waals surface area (Å²) in [5.41, 5.74) is 3.35. The molecule has 7 nitrogen and oxygen atoms in total. The predicted molar refractivity (Wildman–Crippen MR) is 95.2 cm³/mol. The quantitative estimate of drug-likeness (QED) is 0.293. The van der Waals surface area contributed by atoms with E-state index in [0.29, 0.717) is 11.1 Å². The monoisotopic (exact) mass is 413 g/mol. The molecule has 0 aliphatic heterocycles. The fraction of sp³-hybridized carbons (Fsp3) is 0.222. The van der Waals surface area contributed by atoms with Gasteiger partial charge in [0.25, 0.3) is 11.6 Å². The topological polar surface area (TPSA) is 93.8 Å². The largest absolute Gasteiger partial charge is 0.370 e. The van der Waals surface area contributed by atoms with E-state index in [4.69, 9.17) is 0 Å². The molecule has 0 fully saturated rings. The zero-order chi connectivity index (χ0) is 21.4. The van der Waals surface area contributed by atoms with Crippen LogP contribution >= 0.6 is 0 Å². The van der Waals surface area contributed by atoms with Crippen LogP contribution in [0, 0.1) is 10.1 Å². The molecule has 0 unspecified atom stereocenters. The maximum Gasteiger partial charge on any atom is 0.330 e. The number of benzene rings is 2. The number of hydrogen-bond donors (Lipinski definition) is 1. The van der Waals surface area contributed by atoms with Crippen molar-refractivity contribution in [1.29, 1.82) is 0 Å². The van der Waals surface area contributed by atoms with E-state index < -0.39 is 29.8 Å². The van der Waals surface area contributed by atoms with Crippen LogP contribution in [0.1, 0.15) is 21.5 Å². The Hall–Kier alpha value is -3.34. The smallest absolute Gasteiger partial charge is 0.330 e. The lowest BCUT2D eigenvalue weighted by Gasteiger charge is -2.15. The van der Waals surface area contributed by atoms with Crippen molar-refractivity contribution in [2.75, 3.05) is 6.61 Å². The van der Waals surface area contributed by atoms with Crippen molar-refractivity contribution in [1.82, 2.24) is 5.43 Å². The minimum absolute atomic E-state index is 0.0758. The van der Waals surface area contributed by atoms with Gasteiger partial charge in [0.15, 0.2) is 0 Å². The molecule has 0 atom stereocenters. The molecule has 2 rings (SSSR count). The fourth-order valence-electron chi connectivity index (χ4n) is 2.03. The average molecular weight is 413 g/mol. The summed E-state index contributed by atoms with van der Waals surface area (Å²) >= 11 is 0. The molecule has 11 heteroatoms. The summed E-state index contributed by atoms with van der Waals surface area (Å²) in [6.07, 6.45) is -2.51. The van der Waals surface area contributed by atoms with Crippen molar-refractivity contribution >= 4 is 17.8 Å². The summed E-state index contributed by atoms with van der Waals surface area (Å²) in [7, 11) is 0. The van der Waals surface area contributed by atoms with Gasteiger partial charge in [-0.3, -0.25) is 14.9 Å². The van der Waals surface area contributed by atoms with Gasteiger partial charge in [-0.2, -0.15) is 13.9 Å². The number of rotatable bonds is 9. The first-order valence-electron chi connectivity index (χ1n) is 8.09. The molecule has 0 spiro atoms. The first-order valence-corrected chi connectivity index (χ1v) is 8.09. The van der Waals surface area contributed by atoms with Gasteiger partial charge in [-0.05, 0) is 35.4 Å². The summed E-state index contributed by atoms with van der Waals surface area (Å²) in [6, 6.07) is 11.1. The van der Waals surface area contributed by atoms with Crippen molar-refractivity contribution in [3.8, 4) is 0 Å². The number of nitro groups is 1. The molecule has 0 aromatic heterocycles. The van der Waals surface area contributed by atoms with Crippen LogP contribution in [0.15, 0.2) is 53.6 Å². The third-order valence-corrected chi connectivity index (χ3v) is 3.58. The van der Waals surface area contributed by atoms with Crippen LogP contribution in [0.5, 0.6) is 0 Å². The van der Waals surface area contributed by atoms with E-state index >= 15 is 0 Å². The number of carbonyl (C=O) groups excluding carboxylic acids is 1. The van der Waals surface area contributed by atoms with Gasteiger partial charge in [0, 0.05) is 17.7 Å². The number of ether oxygens (including phenoxy) is 1. The Morgan fingerprint density at radius 1 is 1.17 bits per heavy atom. The summed E-state index contributed by atoms with van der Waals surface area (Å²) in [5, 5.41) is 14.3. The molecule has 29 heavy (non-hydrogen) atoms. The Labute approximate surface area is 162 Å². The molecule has 0 radical (unpaired) electrons. The number of nitrogens with one attached hydrogen (secondary N) is 1. The average Bonchev–Trinajstić information content (AvgIpc) is 2.68. The number of nitro benzene ring substituents is 1. The number of carbonyl (C=O) groups is 1. The lowest BCUT2D eigenvalue weighted by atomic mass is 10.1. The van der Waals surface area contributed by atoms with Gasteiger partial charge in [0.2, 0.25) is 0 Å². The SMILES string of the molecule is O=C(N/N=C/c1ccc([N+](=O)[O-])cc1)c1ccc(COCC(F)(F)C(F)F)cc1. The van der Waals surface area contributed by atoms with Gasteiger partial charge in [0.1, 0.15) is 6.61 Å². The van der Waals surface area contributed by atoms with E-state index in [0.717, 1.165) is 0 Å². The molecule has 2 aromatic carbocycles. The van der Waals surface area contributed by atoms with Crippen LogP contribution in [0.25, 0.3) is 0 Å². The number of alkyl halides is 4. The highest BCUT2D eigenvalue weighted by Gasteiger charge is 2.40. The van der Waals surface area contributed by atoms with Crippen LogP contribution in [-0.2, 0) is 11.3 Å².